The summed E-state index contributed by atoms with van der Waals surface area (Å²) in [4.78, 5) is 55.5. The number of nitrogens with one attached hydrogen (secondary N) is 1. The molecule has 2 atom stereocenters. The first-order valence-corrected chi connectivity index (χ1v) is 13.3. The lowest BCUT2D eigenvalue weighted by Gasteiger charge is -2.31. The fraction of sp³-hybridized carbons (Fsp3) is 0.414. The van der Waals surface area contributed by atoms with Crippen molar-refractivity contribution in [2.75, 3.05) is 20.3 Å². The summed E-state index contributed by atoms with van der Waals surface area (Å²) in [7, 11) is 1.49. The molecule has 1 amide bonds. The molecule has 2 aliphatic heterocycles. The average Bonchev–Trinajstić information content (AvgIpc) is 3.30. The fourth-order valence-electron chi connectivity index (χ4n) is 5.10. The number of carbonyl (C=O) groups is 3. The Morgan fingerprint density at radius 3 is 2.68 bits per heavy atom. The van der Waals surface area contributed by atoms with Crippen LogP contribution in [-0.4, -0.2) is 59.1 Å². The van der Waals surface area contributed by atoms with Crippen molar-refractivity contribution in [3.8, 4) is 17.1 Å². The molecule has 2 N–H and O–H groups in total. The Hall–Kier alpha value is -4.29. The van der Waals surface area contributed by atoms with Crippen molar-refractivity contribution in [2.24, 2.45) is 5.92 Å². The number of cyclic esters (lactones) is 1. The van der Waals surface area contributed by atoms with Gasteiger partial charge in [-0.3, -0.25) is 4.79 Å². The third-order valence-corrected chi connectivity index (χ3v) is 7.42. The first kappa shape index (κ1) is 28.2. The van der Waals surface area contributed by atoms with Gasteiger partial charge in [0.1, 0.15) is 25.0 Å². The first-order chi connectivity index (χ1) is 19.6. The van der Waals surface area contributed by atoms with Gasteiger partial charge in [0.15, 0.2) is 5.60 Å². The van der Waals surface area contributed by atoms with Crippen molar-refractivity contribution in [1.29, 1.82) is 0 Å². The number of methoxy groups -OCH3 is 1. The van der Waals surface area contributed by atoms with Gasteiger partial charge < -0.3 is 33.9 Å². The van der Waals surface area contributed by atoms with Gasteiger partial charge in [0, 0.05) is 23.6 Å². The molecule has 0 radical (unpaired) electrons. The molecule has 4 heterocycles. The van der Waals surface area contributed by atoms with Crippen molar-refractivity contribution >= 4 is 28.9 Å². The molecular weight excluding hydrogens is 534 g/mol. The number of amides is 1. The SMILES string of the molecule is CC[C@@]1(O)C(=O)OCc2c1cc1n(c2=O)Cc2cc3cc(OC(=O)N[C@H](C(=O)OCCOC)C(C)C)ccc3nc2-1. The summed E-state index contributed by atoms with van der Waals surface area (Å²) in [5.74, 6) is -1.37. The van der Waals surface area contributed by atoms with Crippen LogP contribution in [0.1, 0.15) is 43.9 Å². The molecule has 41 heavy (non-hydrogen) atoms. The lowest BCUT2D eigenvalue weighted by Crippen LogP contribution is -2.46. The number of carbonyl (C=O) groups excluding carboxylic acids is 3. The zero-order chi connectivity index (χ0) is 29.5. The van der Waals surface area contributed by atoms with Crippen LogP contribution in [0, 0.1) is 5.92 Å². The van der Waals surface area contributed by atoms with E-state index in [1.54, 1.807) is 49.6 Å². The van der Waals surface area contributed by atoms with Gasteiger partial charge >= 0.3 is 18.0 Å². The summed E-state index contributed by atoms with van der Waals surface area (Å²) in [5.41, 5.74) is 0.659. The third-order valence-electron chi connectivity index (χ3n) is 7.42. The normalized spacial score (nSPS) is 17.9. The Kier molecular flexibility index (Phi) is 7.54. The average molecular weight is 566 g/mol. The largest absolute Gasteiger partial charge is 0.462 e. The van der Waals surface area contributed by atoms with E-state index in [9.17, 15) is 24.3 Å². The van der Waals surface area contributed by atoms with Gasteiger partial charge in [-0.1, -0.05) is 20.8 Å². The Labute approximate surface area is 235 Å². The number of aliphatic hydroxyl groups is 1. The minimum Gasteiger partial charge on any atom is -0.462 e. The second-order valence-corrected chi connectivity index (χ2v) is 10.4. The minimum absolute atomic E-state index is 0.0585. The lowest BCUT2D eigenvalue weighted by molar-refractivity contribution is -0.172. The smallest absolute Gasteiger partial charge is 0.413 e. The number of nitrogens with zero attached hydrogens (tertiary/aromatic N) is 2. The molecule has 0 spiro atoms. The number of ether oxygens (including phenoxy) is 4. The van der Waals surface area contributed by atoms with Crippen LogP contribution < -0.4 is 15.6 Å². The molecule has 12 heteroatoms. The van der Waals surface area contributed by atoms with Crippen LogP contribution in [0.3, 0.4) is 0 Å². The number of esters is 2. The van der Waals surface area contributed by atoms with Crippen LogP contribution in [-0.2, 0) is 42.6 Å². The van der Waals surface area contributed by atoms with E-state index in [4.69, 9.17) is 23.9 Å². The maximum absolute atomic E-state index is 13.3. The van der Waals surface area contributed by atoms with Gasteiger partial charge in [-0.2, -0.15) is 0 Å². The summed E-state index contributed by atoms with van der Waals surface area (Å²) in [6, 6.07) is 7.49. The predicted molar refractivity (Wildman–Crippen MR) is 145 cm³/mol. The first-order valence-electron chi connectivity index (χ1n) is 13.3. The molecular formula is C29H31N3O9. The molecule has 0 aliphatic carbocycles. The van der Waals surface area contributed by atoms with Gasteiger partial charge in [-0.05, 0) is 42.7 Å². The quantitative estimate of drug-likeness (QED) is 0.240. The number of hydrogen-bond acceptors (Lipinski definition) is 10. The highest BCUT2D eigenvalue weighted by Gasteiger charge is 2.45. The molecule has 0 unspecified atom stereocenters. The summed E-state index contributed by atoms with van der Waals surface area (Å²) in [6.45, 7) is 5.56. The van der Waals surface area contributed by atoms with E-state index in [1.807, 2.05) is 6.07 Å². The second-order valence-electron chi connectivity index (χ2n) is 10.4. The summed E-state index contributed by atoms with van der Waals surface area (Å²) < 4.78 is 22.1. The van der Waals surface area contributed by atoms with E-state index in [0.717, 1.165) is 5.56 Å². The Bertz CT molecular complexity index is 1610. The predicted octanol–water partition coefficient (Wildman–Crippen LogP) is 2.38. The second kappa shape index (κ2) is 10.9. The highest BCUT2D eigenvalue weighted by molar-refractivity contribution is 5.88. The molecule has 2 aliphatic rings. The topological polar surface area (TPSA) is 155 Å². The molecule has 0 bridgehead atoms. The van der Waals surface area contributed by atoms with E-state index in [-0.39, 0.29) is 61.1 Å². The number of rotatable bonds is 8. The van der Waals surface area contributed by atoms with Gasteiger partial charge in [0.05, 0.1) is 35.6 Å². The molecule has 0 saturated carbocycles. The van der Waals surface area contributed by atoms with Crippen LogP contribution >= 0.6 is 0 Å². The van der Waals surface area contributed by atoms with Crippen LogP contribution in [0.4, 0.5) is 4.79 Å². The molecule has 216 valence electrons. The zero-order valence-electron chi connectivity index (χ0n) is 23.2. The van der Waals surface area contributed by atoms with Gasteiger partial charge in [-0.15, -0.1) is 0 Å². The highest BCUT2D eigenvalue weighted by Crippen LogP contribution is 2.38. The molecule has 0 fully saturated rings. The summed E-state index contributed by atoms with van der Waals surface area (Å²) in [6.07, 6.45) is -0.756. The number of aromatic nitrogens is 2. The van der Waals surface area contributed by atoms with Crippen molar-refractivity contribution in [3.05, 3.63) is 57.4 Å². The number of pyridine rings is 2. The summed E-state index contributed by atoms with van der Waals surface area (Å²) >= 11 is 0. The molecule has 3 aromatic rings. The van der Waals surface area contributed by atoms with Crippen molar-refractivity contribution < 1.29 is 38.4 Å². The maximum Gasteiger partial charge on any atom is 0.413 e. The van der Waals surface area contributed by atoms with Crippen LogP contribution in [0.15, 0.2) is 35.1 Å². The van der Waals surface area contributed by atoms with E-state index >= 15 is 0 Å². The Balaban J connectivity index is 1.40. The molecule has 1 aromatic carbocycles. The third kappa shape index (κ3) is 5.04. The van der Waals surface area contributed by atoms with Crippen LogP contribution in [0.5, 0.6) is 5.75 Å². The van der Waals surface area contributed by atoms with E-state index < -0.39 is 29.7 Å². The van der Waals surface area contributed by atoms with E-state index in [2.05, 4.69) is 5.32 Å². The molecule has 5 rings (SSSR count). The lowest BCUT2D eigenvalue weighted by atomic mass is 9.86. The monoisotopic (exact) mass is 565 g/mol. The molecule has 12 nitrogen and oxygen atoms in total. The van der Waals surface area contributed by atoms with Crippen molar-refractivity contribution in [1.82, 2.24) is 14.9 Å². The van der Waals surface area contributed by atoms with Crippen LogP contribution in [0.2, 0.25) is 0 Å². The van der Waals surface area contributed by atoms with Crippen molar-refractivity contribution in [2.45, 2.75) is 52.0 Å². The Morgan fingerprint density at radius 1 is 1.20 bits per heavy atom. The van der Waals surface area contributed by atoms with Gasteiger partial charge in [0.2, 0.25) is 0 Å². The fourth-order valence-corrected chi connectivity index (χ4v) is 5.10. The Morgan fingerprint density at radius 2 is 1.98 bits per heavy atom. The summed E-state index contributed by atoms with van der Waals surface area (Å²) in [5, 5.41) is 14.2. The molecule has 2 aromatic heterocycles. The van der Waals surface area contributed by atoms with Crippen LogP contribution in [0.25, 0.3) is 22.3 Å². The van der Waals surface area contributed by atoms with Gasteiger partial charge in [-0.25, -0.2) is 19.4 Å². The highest BCUT2D eigenvalue weighted by atomic mass is 16.6. The van der Waals surface area contributed by atoms with E-state index in [1.165, 1.54) is 7.11 Å². The number of benzene rings is 1. The van der Waals surface area contributed by atoms with Crippen molar-refractivity contribution in [3.63, 3.8) is 0 Å². The number of hydrogen-bond donors (Lipinski definition) is 2. The minimum atomic E-state index is -1.90. The molecule has 0 saturated heterocycles. The van der Waals surface area contributed by atoms with Gasteiger partial charge in [0.25, 0.3) is 5.56 Å². The standard InChI is InChI=1S/C29H31N3O9/c1-5-29(37)20-12-22-24-17(13-32(22)25(33)19(20)14-40-27(29)35)10-16-11-18(6-7-21(16)30-24)41-28(36)31-23(15(2)3)26(34)39-9-8-38-4/h6-7,10-12,15,23,37H,5,8-9,13-14H2,1-4H3,(H,31,36)/t23-,29-/m0/s1. The number of fused-ring (bicyclic) bond motifs is 5. The van der Waals surface area contributed by atoms with E-state index in [0.29, 0.717) is 22.3 Å². The maximum atomic E-state index is 13.3. The zero-order valence-corrected chi connectivity index (χ0v) is 23.2.